The predicted octanol–water partition coefficient (Wildman–Crippen LogP) is 5.46. The first-order valence-corrected chi connectivity index (χ1v) is 10.7. The third kappa shape index (κ3) is 4.06. The maximum absolute atomic E-state index is 13.4. The summed E-state index contributed by atoms with van der Waals surface area (Å²) in [7, 11) is 4.70. The van der Waals surface area contributed by atoms with Crippen LogP contribution in [0.2, 0.25) is 10.0 Å². The van der Waals surface area contributed by atoms with Crippen molar-refractivity contribution in [2.75, 3.05) is 33.2 Å². The lowest BCUT2D eigenvalue weighted by Gasteiger charge is -2.37. The molecule has 0 spiro atoms. The van der Waals surface area contributed by atoms with E-state index in [-0.39, 0.29) is 12.1 Å². The number of hydrogen-bond acceptors (Lipinski definition) is 4. The van der Waals surface area contributed by atoms with E-state index in [0.717, 1.165) is 11.3 Å². The van der Waals surface area contributed by atoms with Crippen LogP contribution in [0.15, 0.2) is 48.7 Å². The number of urea groups is 1. The fourth-order valence-corrected chi connectivity index (χ4v) is 4.28. The maximum atomic E-state index is 13.4. The summed E-state index contributed by atoms with van der Waals surface area (Å²) < 4.78 is 18.7. The Morgan fingerprint density at radius 2 is 1.69 bits per heavy atom. The molecule has 1 atom stereocenters. The Bertz CT molecular complexity index is 1120. The van der Waals surface area contributed by atoms with Crippen LogP contribution in [0.1, 0.15) is 17.3 Å². The van der Waals surface area contributed by atoms with Crippen molar-refractivity contribution in [1.82, 2.24) is 9.47 Å². The van der Waals surface area contributed by atoms with Gasteiger partial charge in [-0.1, -0.05) is 23.2 Å². The first-order valence-electron chi connectivity index (χ1n) is 9.94. The zero-order chi connectivity index (χ0) is 22.8. The number of hydrogen-bond donors (Lipinski definition) is 1. The van der Waals surface area contributed by atoms with Gasteiger partial charge in [0.25, 0.3) is 0 Å². The number of benzene rings is 2. The zero-order valence-electron chi connectivity index (χ0n) is 17.9. The summed E-state index contributed by atoms with van der Waals surface area (Å²) in [6, 6.07) is 12.1. The number of ether oxygens (including phenoxy) is 3. The number of rotatable bonds is 5. The molecule has 168 valence electrons. The average molecular weight is 476 g/mol. The molecule has 1 aromatic heterocycles. The second kappa shape index (κ2) is 9.22. The van der Waals surface area contributed by atoms with Gasteiger partial charge in [0.15, 0.2) is 11.5 Å². The first-order chi connectivity index (χ1) is 15.5. The van der Waals surface area contributed by atoms with Crippen LogP contribution >= 0.6 is 23.2 Å². The third-order valence-corrected chi connectivity index (χ3v) is 6.21. The van der Waals surface area contributed by atoms with Crippen LogP contribution < -0.4 is 19.5 Å². The molecule has 1 aliphatic heterocycles. The molecule has 2 aromatic carbocycles. The van der Waals surface area contributed by atoms with Gasteiger partial charge in [-0.25, -0.2) is 4.79 Å². The quantitative estimate of drug-likeness (QED) is 0.532. The Hall–Kier alpha value is -3.03. The summed E-state index contributed by atoms with van der Waals surface area (Å²) in [5.74, 6) is 1.54. The highest BCUT2D eigenvalue weighted by atomic mass is 35.5. The number of aromatic nitrogens is 1. The Morgan fingerprint density at radius 3 is 2.31 bits per heavy atom. The van der Waals surface area contributed by atoms with Crippen molar-refractivity contribution in [3.8, 4) is 17.2 Å². The molecule has 0 radical (unpaired) electrons. The van der Waals surface area contributed by atoms with Crippen LogP contribution in [0.3, 0.4) is 0 Å². The number of amides is 2. The second-order valence-electron chi connectivity index (χ2n) is 7.24. The zero-order valence-corrected chi connectivity index (χ0v) is 19.4. The molecule has 1 N–H and O–H groups in total. The van der Waals surface area contributed by atoms with Crippen molar-refractivity contribution in [3.63, 3.8) is 0 Å². The van der Waals surface area contributed by atoms with Crippen LogP contribution in [0.4, 0.5) is 10.5 Å². The minimum atomic E-state index is -0.366. The van der Waals surface area contributed by atoms with E-state index in [4.69, 9.17) is 37.4 Å². The summed E-state index contributed by atoms with van der Waals surface area (Å²) in [5, 5.41) is 3.73. The molecule has 7 nitrogen and oxygen atoms in total. The molecule has 4 rings (SSSR count). The number of fused-ring (bicyclic) bond motifs is 1. The van der Waals surface area contributed by atoms with Crippen LogP contribution in [0.5, 0.6) is 17.2 Å². The Morgan fingerprint density at radius 1 is 0.969 bits per heavy atom. The number of nitrogens with zero attached hydrogens (tertiary/aromatic N) is 2. The summed E-state index contributed by atoms with van der Waals surface area (Å²) in [6.07, 6.45) is 2.01. The molecular formula is C23H23Cl2N3O4. The topological polar surface area (TPSA) is 65.0 Å². The van der Waals surface area contributed by atoms with E-state index in [1.807, 2.05) is 30.5 Å². The van der Waals surface area contributed by atoms with Crippen molar-refractivity contribution in [3.05, 3.63) is 70.0 Å². The summed E-state index contributed by atoms with van der Waals surface area (Å²) >= 11 is 12.1. The molecule has 32 heavy (non-hydrogen) atoms. The minimum absolute atomic E-state index is 0.255. The molecule has 2 amide bonds. The maximum Gasteiger partial charge on any atom is 0.322 e. The number of methoxy groups -OCH3 is 3. The molecule has 0 aliphatic carbocycles. The van der Waals surface area contributed by atoms with E-state index < -0.39 is 0 Å². The van der Waals surface area contributed by atoms with Gasteiger partial charge in [-0.15, -0.1) is 0 Å². The molecule has 2 heterocycles. The van der Waals surface area contributed by atoms with E-state index in [0.29, 0.717) is 46.1 Å². The van der Waals surface area contributed by atoms with E-state index in [9.17, 15) is 4.79 Å². The summed E-state index contributed by atoms with van der Waals surface area (Å²) in [6.45, 7) is 1.19. The molecule has 0 saturated carbocycles. The summed E-state index contributed by atoms with van der Waals surface area (Å²) in [5.41, 5.74) is 2.38. The van der Waals surface area contributed by atoms with Gasteiger partial charge in [0.05, 0.1) is 37.4 Å². The fraction of sp³-hybridized carbons (Fsp3) is 0.261. The molecule has 0 saturated heterocycles. The number of anilines is 1. The van der Waals surface area contributed by atoms with Crippen LogP contribution in [-0.2, 0) is 6.54 Å². The van der Waals surface area contributed by atoms with Crippen molar-refractivity contribution in [2.24, 2.45) is 0 Å². The van der Waals surface area contributed by atoms with Gasteiger partial charge in [-0.3, -0.25) is 0 Å². The molecule has 1 aliphatic rings. The normalized spacial score (nSPS) is 15.2. The Labute approximate surface area is 196 Å². The average Bonchev–Trinajstić information content (AvgIpc) is 3.28. The molecular weight excluding hydrogens is 453 g/mol. The van der Waals surface area contributed by atoms with Gasteiger partial charge in [0.2, 0.25) is 5.75 Å². The summed E-state index contributed by atoms with van der Waals surface area (Å²) in [4.78, 5) is 15.1. The van der Waals surface area contributed by atoms with Gasteiger partial charge in [-0.05, 0) is 48.0 Å². The lowest BCUT2D eigenvalue weighted by Crippen LogP contribution is -2.44. The first kappa shape index (κ1) is 22.2. The van der Waals surface area contributed by atoms with Crippen LogP contribution in [0.25, 0.3) is 0 Å². The largest absolute Gasteiger partial charge is 0.493 e. The number of nitrogens with one attached hydrogen (secondary N) is 1. The van der Waals surface area contributed by atoms with Gasteiger partial charge >= 0.3 is 6.03 Å². The van der Waals surface area contributed by atoms with Gasteiger partial charge in [0.1, 0.15) is 0 Å². The predicted molar refractivity (Wildman–Crippen MR) is 125 cm³/mol. The molecule has 0 unspecified atom stereocenters. The SMILES string of the molecule is COc1cc([C@@H]2c3cccn3CCN2C(=O)Nc2ccc(Cl)c(Cl)c2)cc(OC)c1OC. The third-order valence-electron chi connectivity index (χ3n) is 5.47. The number of carbonyl (C=O) groups is 1. The fourth-order valence-electron chi connectivity index (χ4n) is 3.98. The number of halogens is 2. The van der Waals surface area contributed by atoms with Crippen molar-refractivity contribution in [1.29, 1.82) is 0 Å². The molecule has 9 heteroatoms. The van der Waals surface area contributed by atoms with Crippen molar-refractivity contribution in [2.45, 2.75) is 12.6 Å². The van der Waals surface area contributed by atoms with E-state index in [1.54, 1.807) is 44.4 Å². The lowest BCUT2D eigenvalue weighted by atomic mass is 9.99. The Balaban J connectivity index is 1.75. The Kier molecular flexibility index (Phi) is 6.39. The second-order valence-corrected chi connectivity index (χ2v) is 8.05. The smallest absolute Gasteiger partial charge is 0.322 e. The highest BCUT2D eigenvalue weighted by Crippen LogP contribution is 2.43. The van der Waals surface area contributed by atoms with E-state index in [2.05, 4.69) is 9.88 Å². The highest BCUT2D eigenvalue weighted by molar-refractivity contribution is 6.42. The standard InChI is InChI=1S/C23H23Cl2N3O4/c1-30-19-11-14(12-20(31-2)22(19)32-3)21-18-5-4-8-27(18)9-10-28(21)23(29)26-15-6-7-16(24)17(25)13-15/h4-8,11-13,21H,9-10H2,1-3H3,(H,26,29)/t21-/m1/s1. The van der Waals surface area contributed by atoms with Gasteiger partial charge in [0, 0.05) is 30.7 Å². The molecule has 3 aromatic rings. The van der Waals surface area contributed by atoms with Gasteiger partial charge in [-0.2, -0.15) is 0 Å². The number of carbonyl (C=O) groups excluding carboxylic acids is 1. The van der Waals surface area contributed by atoms with Crippen molar-refractivity contribution < 1.29 is 19.0 Å². The van der Waals surface area contributed by atoms with Gasteiger partial charge < -0.3 is 29.0 Å². The van der Waals surface area contributed by atoms with Crippen LogP contribution in [-0.4, -0.2) is 43.4 Å². The molecule has 0 bridgehead atoms. The molecule has 0 fully saturated rings. The monoisotopic (exact) mass is 475 g/mol. The van der Waals surface area contributed by atoms with E-state index in [1.165, 1.54) is 0 Å². The van der Waals surface area contributed by atoms with Crippen molar-refractivity contribution >= 4 is 34.9 Å². The highest BCUT2D eigenvalue weighted by Gasteiger charge is 2.33. The van der Waals surface area contributed by atoms with E-state index >= 15 is 0 Å². The lowest BCUT2D eigenvalue weighted by molar-refractivity contribution is 0.181. The van der Waals surface area contributed by atoms with Crippen LogP contribution in [0, 0.1) is 0 Å². The minimum Gasteiger partial charge on any atom is -0.493 e.